The van der Waals surface area contributed by atoms with Crippen LogP contribution in [0.4, 0.5) is 0 Å². The van der Waals surface area contributed by atoms with Crippen LogP contribution in [0, 0.1) is 6.92 Å². The highest BCUT2D eigenvalue weighted by Crippen LogP contribution is 2.29. The number of hydrogen-bond acceptors (Lipinski definition) is 1. The second-order valence-electron chi connectivity index (χ2n) is 3.29. The van der Waals surface area contributed by atoms with Crippen molar-refractivity contribution in [2.24, 2.45) is 0 Å². The Labute approximate surface area is 84.4 Å². The van der Waals surface area contributed by atoms with Crippen molar-refractivity contribution in [3.63, 3.8) is 0 Å². The van der Waals surface area contributed by atoms with E-state index in [1.807, 2.05) is 13.0 Å². The van der Waals surface area contributed by atoms with Gasteiger partial charge in [-0.25, -0.2) is 0 Å². The number of phenols is 1. The molecule has 0 atom stereocenters. The Morgan fingerprint density at radius 1 is 1.38 bits per heavy atom. The molecule has 2 heteroatoms. The lowest BCUT2D eigenvalue weighted by atomic mass is 10.0. The van der Waals surface area contributed by atoms with Gasteiger partial charge in [0, 0.05) is 0 Å². The largest absolute Gasteiger partial charge is 0.506 e. The molecule has 0 aliphatic rings. The smallest absolute Gasteiger partial charge is 0.134 e. The maximum absolute atomic E-state index is 9.32. The number of halogens is 1. The van der Waals surface area contributed by atoms with E-state index in [9.17, 15) is 5.11 Å². The highest BCUT2D eigenvalue weighted by atomic mass is 35.5. The third-order valence-corrected chi connectivity index (χ3v) is 2.75. The normalized spacial score (nSPS) is 10.4. The first-order valence-corrected chi connectivity index (χ1v) is 5.01. The van der Waals surface area contributed by atoms with Gasteiger partial charge in [0.2, 0.25) is 0 Å². The van der Waals surface area contributed by atoms with Gasteiger partial charge in [-0.05, 0) is 37.0 Å². The zero-order valence-electron chi connectivity index (χ0n) is 8.10. The van der Waals surface area contributed by atoms with Crippen molar-refractivity contribution >= 4 is 11.6 Å². The van der Waals surface area contributed by atoms with Crippen molar-refractivity contribution in [1.82, 2.24) is 0 Å². The fourth-order valence-electron chi connectivity index (χ4n) is 1.35. The Hall–Kier alpha value is -0.690. The Morgan fingerprint density at radius 3 is 2.69 bits per heavy atom. The number of rotatable bonds is 3. The first kappa shape index (κ1) is 10.4. The summed E-state index contributed by atoms with van der Waals surface area (Å²) in [5.74, 6) is 0.180. The molecule has 1 nitrogen and oxygen atoms in total. The molecular formula is C11H15ClO. The van der Waals surface area contributed by atoms with Crippen molar-refractivity contribution in [3.05, 3.63) is 28.3 Å². The average Bonchev–Trinajstić information content (AvgIpc) is 2.13. The third-order valence-electron chi connectivity index (χ3n) is 2.28. The minimum Gasteiger partial charge on any atom is -0.506 e. The molecular weight excluding hydrogens is 184 g/mol. The first-order chi connectivity index (χ1) is 6.16. The fraction of sp³-hybridized carbons (Fsp3) is 0.455. The molecule has 0 heterocycles. The van der Waals surface area contributed by atoms with Crippen LogP contribution in [0.25, 0.3) is 0 Å². The topological polar surface area (TPSA) is 20.2 Å². The van der Waals surface area contributed by atoms with Crippen LogP contribution in [0.15, 0.2) is 12.1 Å². The maximum Gasteiger partial charge on any atom is 0.134 e. The van der Waals surface area contributed by atoms with Crippen molar-refractivity contribution in [2.45, 2.75) is 33.1 Å². The molecule has 1 rings (SSSR count). The monoisotopic (exact) mass is 198 g/mol. The molecule has 0 radical (unpaired) electrons. The summed E-state index contributed by atoms with van der Waals surface area (Å²) in [6.45, 7) is 4.12. The Morgan fingerprint density at radius 2 is 2.08 bits per heavy atom. The molecule has 0 aromatic heterocycles. The van der Waals surface area contributed by atoms with Gasteiger partial charge < -0.3 is 5.11 Å². The summed E-state index contributed by atoms with van der Waals surface area (Å²) in [6, 6.07) is 3.62. The number of benzene rings is 1. The number of hydrogen-bond donors (Lipinski definition) is 1. The molecule has 0 spiro atoms. The number of aryl methyl sites for hydroxylation is 1. The number of unbranched alkanes of at least 4 members (excludes halogenated alkanes) is 1. The molecule has 0 amide bonds. The highest BCUT2D eigenvalue weighted by molar-refractivity contribution is 6.32. The van der Waals surface area contributed by atoms with Crippen LogP contribution in [0.5, 0.6) is 5.75 Å². The summed E-state index contributed by atoms with van der Waals surface area (Å²) in [5, 5.41) is 9.81. The van der Waals surface area contributed by atoms with E-state index in [2.05, 4.69) is 6.92 Å². The van der Waals surface area contributed by atoms with Gasteiger partial charge in [0.15, 0.2) is 0 Å². The van der Waals surface area contributed by atoms with E-state index in [-0.39, 0.29) is 5.75 Å². The lowest BCUT2D eigenvalue weighted by molar-refractivity contribution is 0.475. The van der Waals surface area contributed by atoms with E-state index < -0.39 is 0 Å². The molecule has 1 aromatic rings. The lowest BCUT2D eigenvalue weighted by Gasteiger charge is -2.07. The number of phenolic OH excluding ortho intramolecular Hbond substituents is 1. The fourth-order valence-corrected chi connectivity index (χ4v) is 1.53. The third kappa shape index (κ3) is 2.38. The van der Waals surface area contributed by atoms with Crippen molar-refractivity contribution < 1.29 is 5.11 Å². The minimum absolute atomic E-state index is 0.180. The van der Waals surface area contributed by atoms with E-state index >= 15 is 0 Å². The zero-order valence-corrected chi connectivity index (χ0v) is 8.86. The summed E-state index contributed by atoms with van der Waals surface area (Å²) in [5.41, 5.74) is 2.25. The van der Waals surface area contributed by atoms with Crippen molar-refractivity contribution in [1.29, 1.82) is 0 Å². The van der Waals surface area contributed by atoms with Crippen LogP contribution in [0.1, 0.15) is 30.9 Å². The molecule has 0 fully saturated rings. The molecule has 0 bridgehead atoms. The zero-order chi connectivity index (χ0) is 9.84. The maximum atomic E-state index is 9.32. The molecule has 13 heavy (non-hydrogen) atoms. The van der Waals surface area contributed by atoms with Gasteiger partial charge in [0.1, 0.15) is 5.75 Å². The number of aromatic hydroxyl groups is 1. The summed E-state index contributed by atoms with van der Waals surface area (Å²) in [4.78, 5) is 0. The van der Waals surface area contributed by atoms with Crippen molar-refractivity contribution in [3.8, 4) is 5.75 Å². The first-order valence-electron chi connectivity index (χ1n) is 4.63. The second-order valence-corrected chi connectivity index (χ2v) is 3.66. The molecule has 0 aliphatic heterocycles. The van der Waals surface area contributed by atoms with Gasteiger partial charge in [-0.15, -0.1) is 0 Å². The van der Waals surface area contributed by atoms with Gasteiger partial charge in [-0.1, -0.05) is 31.0 Å². The highest BCUT2D eigenvalue weighted by Gasteiger charge is 2.05. The predicted octanol–water partition coefficient (Wildman–Crippen LogP) is 3.70. The molecule has 1 aromatic carbocycles. The molecule has 0 saturated carbocycles. The van der Waals surface area contributed by atoms with Gasteiger partial charge in [0.05, 0.1) is 5.02 Å². The Kier molecular flexibility index (Phi) is 3.61. The standard InChI is InChI=1S/C11H15ClO/c1-3-4-5-9-6-7-10(13)11(12)8(9)2/h6-7,13H,3-5H2,1-2H3. The van der Waals surface area contributed by atoms with E-state index in [4.69, 9.17) is 11.6 Å². The van der Waals surface area contributed by atoms with E-state index in [1.54, 1.807) is 6.07 Å². The summed E-state index contributed by atoms with van der Waals surface area (Å²) in [6.07, 6.45) is 3.39. The molecule has 0 aliphatic carbocycles. The quantitative estimate of drug-likeness (QED) is 0.786. The summed E-state index contributed by atoms with van der Waals surface area (Å²) in [7, 11) is 0. The van der Waals surface area contributed by atoms with E-state index in [0.29, 0.717) is 5.02 Å². The van der Waals surface area contributed by atoms with Gasteiger partial charge in [-0.3, -0.25) is 0 Å². The Bertz CT molecular complexity index is 294. The summed E-state index contributed by atoms with van der Waals surface area (Å²) >= 11 is 5.91. The molecule has 0 saturated heterocycles. The molecule has 0 unspecified atom stereocenters. The average molecular weight is 199 g/mol. The molecule has 72 valence electrons. The van der Waals surface area contributed by atoms with Crippen LogP contribution >= 0.6 is 11.6 Å². The van der Waals surface area contributed by atoms with Gasteiger partial charge in [0.25, 0.3) is 0 Å². The second kappa shape index (κ2) is 4.52. The lowest BCUT2D eigenvalue weighted by Crippen LogP contribution is -1.90. The van der Waals surface area contributed by atoms with Crippen LogP contribution in [-0.4, -0.2) is 5.11 Å². The van der Waals surface area contributed by atoms with Gasteiger partial charge in [-0.2, -0.15) is 0 Å². The van der Waals surface area contributed by atoms with Crippen molar-refractivity contribution in [2.75, 3.05) is 0 Å². The van der Waals surface area contributed by atoms with Gasteiger partial charge >= 0.3 is 0 Å². The van der Waals surface area contributed by atoms with Crippen LogP contribution in [0.2, 0.25) is 5.02 Å². The SMILES string of the molecule is CCCCc1ccc(O)c(Cl)c1C. The predicted molar refractivity (Wildman–Crippen MR) is 56.5 cm³/mol. The van der Waals surface area contributed by atoms with E-state index in [1.165, 1.54) is 18.4 Å². The van der Waals surface area contributed by atoms with Crippen LogP contribution in [0.3, 0.4) is 0 Å². The van der Waals surface area contributed by atoms with Crippen LogP contribution < -0.4 is 0 Å². The van der Waals surface area contributed by atoms with E-state index in [0.717, 1.165) is 12.0 Å². The van der Waals surface area contributed by atoms with Crippen LogP contribution in [-0.2, 0) is 6.42 Å². The summed E-state index contributed by atoms with van der Waals surface area (Å²) < 4.78 is 0. The minimum atomic E-state index is 0.180. The Balaban J connectivity index is 2.90. The molecule has 1 N–H and O–H groups in total.